The van der Waals surface area contributed by atoms with Crippen LogP contribution in [0.2, 0.25) is 0 Å². The average Bonchev–Trinajstić information content (AvgIpc) is 3.22. The highest BCUT2D eigenvalue weighted by molar-refractivity contribution is 6.25. The minimum Gasteiger partial charge on any atom is -0.380 e. The number of nitrogens with one attached hydrogen (secondary N) is 2. The summed E-state index contributed by atoms with van der Waals surface area (Å²) in [5.41, 5.74) is 3.49. The molecule has 0 saturated carbocycles. The zero-order valence-electron chi connectivity index (χ0n) is 21.1. The van der Waals surface area contributed by atoms with Crippen molar-refractivity contribution in [1.82, 2.24) is 15.1 Å². The van der Waals surface area contributed by atoms with Gasteiger partial charge in [0.2, 0.25) is 11.8 Å². The number of rotatable bonds is 6. The Labute approximate surface area is 217 Å². The molecule has 0 radical (unpaired) electrons. The molecule has 8 nitrogen and oxygen atoms in total. The van der Waals surface area contributed by atoms with Crippen molar-refractivity contribution in [2.45, 2.75) is 70.5 Å². The molecule has 2 N–H and O–H groups in total. The van der Waals surface area contributed by atoms with Crippen molar-refractivity contribution in [2.24, 2.45) is 0 Å². The molecule has 8 heteroatoms. The Morgan fingerprint density at radius 3 is 2.19 bits per heavy atom. The number of nitrogens with zero attached hydrogens (tertiary/aromatic N) is 2. The van der Waals surface area contributed by atoms with Gasteiger partial charge in [-0.2, -0.15) is 0 Å². The lowest BCUT2D eigenvalue weighted by Crippen LogP contribution is -2.54. The van der Waals surface area contributed by atoms with E-state index in [1.165, 1.54) is 44.1 Å². The molecule has 3 aliphatic heterocycles. The molecule has 0 aliphatic carbocycles. The molecule has 5 rings (SSSR count). The van der Waals surface area contributed by atoms with Gasteiger partial charge in [-0.15, -0.1) is 0 Å². The third-order valence-corrected chi connectivity index (χ3v) is 7.58. The molecule has 2 fully saturated rings. The van der Waals surface area contributed by atoms with E-state index in [9.17, 15) is 19.2 Å². The highest BCUT2D eigenvalue weighted by atomic mass is 16.2. The molecule has 2 aromatic carbocycles. The minimum absolute atomic E-state index is 0.0999. The van der Waals surface area contributed by atoms with Crippen molar-refractivity contribution in [3.8, 4) is 0 Å². The van der Waals surface area contributed by atoms with E-state index < -0.39 is 23.8 Å². The quantitative estimate of drug-likeness (QED) is 0.582. The van der Waals surface area contributed by atoms with Crippen molar-refractivity contribution in [2.75, 3.05) is 18.4 Å². The molecule has 0 bridgehead atoms. The van der Waals surface area contributed by atoms with Crippen molar-refractivity contribution in [3.63, 3.8) is 0 Å². The number of imide groups is 2. The highest BCUT2D eigenvalue weighted by Crippen LogP contribution is 2.32. The van der Waals surface area contributed by atoms with Gasteiger partial charge < -0.3 is 5.32 Å². The summed E-state index contributed by atoms with van der Waals surface area (Å²) < 4.78 is 0. The van der Waals surface area contributed by atoms with Crippen molar-refractivity contribution in [1.29, 1.82) is 0 Å². The fourth-order valence-corrected chi connectivity index (χ4v) is 5.53. The van der Waals surface area contributed by atoms with Crippen LogP contribution >= 0.6 is 0 Å². The molecule has 2 saturated heterocycles. The number of amides is 4. The predicted octanol–water partition coefficient (Wildman–Crippen LogP) is 3.86. The molecule has 0 unspecified atom stereocenters. The molecule has 0 aromatic heterocycles. The normalized spacial score (nSPS) is 21.2. The zero-order valence-corrected chi connectivity index (χ0v) is 21.1. The van der Waals surface area contributed by atoms with Gasteiger partial charge in [-0.1, -0.05) is 56.0 Å². The van der Waals surface area contributed by atoms with Gasteiger partial charge in [0, 0.05) is 25.2 Å². The number of benzene rings is 2. The monoisotopic (exact) mass is 502 g/mol. The number of carbonyl (C=O) groups is 4. The molecule has 0 spiro atoms. The number of anilines is 1. The Morgan fingerprint density at radius 2 is 1.49 bits per heavy atom. The van der Waals surface area contributed by atoms with E-state index in [4.69, 9.17) is 0 Å². The van der Waals surface area contributed by atoms with E-state index >= 15 is 0 Å². The number of carbonyl (C=O) groups excluding carboxylic acids is 4. The van der Waals surface area contributed by atoms with Crippen LogP contribution in [0, 0.1) is 0 Å². The number of hydrogen-bond acceptors (Lipinski definition) is 6. The third kappa shape index (κ3) is 5.59. The largest absolute Gasteiger partial charge is 0.380 e. The van der Waals surface area contributed by atoms with E-state index in [2.05, 4.69) is 39.8 Å². The van der Waals surface area contributed by atoms with Crippen LogP contribution in [-0.4, -0.2) is 52.6 Å². The lowest BCUT2D eigenvalue weighted by molar-refractivity contribution is -0.136. The predicted molar refractivity (Wildman–Crippen MR) is 140 cm³/mol. The fourth-order valence-electron chi connectivity index (χ4n) is 5.53. The molecule has 1 atom stereocenters. The summed E-state index contributed by atoms with van der Waals surface area (Å²) in [5.74, 6) is -1.99. The van der Waals surface area contributed by atoms with Crippen LogP contribution in [0.1, 0.15) is 83.2 Å². The van der Waals surface area contributed by atoms with Crippen LogP contribution in [0.15, 0.2) is 42.5 Å². The van der Waals surface area contributed by atoms with Gasteiger partial charge in [0.15, 0.2) is 0 Å². The van der Waals surface area contributed by atoms with Crippen LogP contribution in [0.3, 0.4) is 0 Å². The summed E-state index contributed by atoms with van der Waals surface area (Å²) >= 11 is 0. The maximum absolute atomic E-state index is 13.3. The van der Waals surface area contributed by atoms with Crippen molar-refractivity contribution in [3.05, 3.63) is 64.7 Å². The van der Waals surface area contributed by atoms with Gasteiger partial charge in [0.25, 0.3) is 11.8 Å². The van der Waals surface area contributed by atoms with Gasteiger partial charge in [-0.05, 0) is 55.6 Å². The lowest BCUT2D eigenvalue weighted by Gasteiger charge is -2.27. The van der Waals surface area contributed by atoms with E-state index in [0.717, 1.165) is 30.1 Å². The Bertz CT molecular complexity index is 1180. The van der Waals surface area contributed by atoms with Crippen LogP contribution in [-0.2, 0) is 22.7 Å². The van der Waals surface area contributed by atoms with Crippen LogP contribution < -0.4 is 10.6 Å². The second-order valence-corrected chi connectivity index (χ2v) is 10.2. The first-order chi connectivity index (χ1) is 18.0. The molecular weight excluding hydrogens is 468 g/mol. The Kier molecular flexibility index (Phi) is 7.65. The molecular formula is C29H34N4O4. The summed E-state index contributed by atoms with van der Waals surface area (Å²) in [5, 5.41) is 5.54. The molecule has 37 heavy (non-hydrogen) atoms. The summed E-state index contributed by atoms with van der Waals surface area (Å²) in [7, 11) is 0. The van der Waals surface area contributed by atoms with E-state index in [0.29, 0.717) is 12.2 Å². The number of piperidine rings is 1. The molecule has 2 aromatic rings. The Morgan fingerprint density at radius 1 is 0.811 bits per heavy atom. The van der Waals surface area contributed by atoms with Crippen LogP contribution in [0.4, 0.5) is 5.69 Å². The first-order valence-corrected chi connectivity index (χ1v) is 13.4. The second-order valence-electron chi connectivity index (χ2n) is 10.2. The van der Waals surface area contributed by atoms with Crippen LogP contribution in [0.25, 0.3) is 0 Å². The third-order valence-electron chi connectivity index (χ3n) is 7.58. The first kappa shape index (κ1) is 25.1. The van der Waals surface area contributed by atoms with E-state index in [1.807, 2.05) is 0 Å². The van der Waals surface area contributed by atoms with E-state index in [1.54, 1.807) is 18.2 Å². The van der Waals surface area contributed by atoms with Gasteiger partial charge in [-0.3, -0.25) is 34.3 Å². The van der Waals surface area contributed by atoms with Gasteiger partial charge >= 0.3 is 0 Å². The van der Waals surface area contributed by atoms with E-state index in [-0.39, 0.29) is 29.9 Å². The average molecular weight is 503 g/mol. The second kappa shape index (κ2) is 11.3. The number of fused-ring (bicyclic) bond motifs is 1. The van der Waals surface area contributed by atoms with Gasteiger partial charge in [-0.25, -0.2) is 0 Å². The Hall–Kier alpha value is -3.52. The van der Waals surface area contributed by atoms with Crippen molar-refractivity contribution >= 4 is 29.3 Å². The number of hydrogen-bond donors (Lipinski definition) is 2. The van der Waals surface area contributed by atoms with Crippen LogP contribution in [0.5, 0.6) is 0 Å². The van der Waals surface area contributed by atoms with Crippen molar-refractivity contribution < 1.29 is 19.2 Å². The summed E-state index contributed by atoms with van der Waals surface area (Å²) in [6.07, 6.45) is 8.14. The fraction of sp³-hybridized carbons (Fsp3) is 0.448. The minimum atomic E-state index is -0.969. The summed E-state index contributed by atoms with van der Waals surface area (Å²) in [6.45, 7) is 3.78. The zero-order chi connectivity index (χ0) is 25.8. The Balaban J connectivity index is 1.23. The lowest BCUT2D eigenvalue weighted by atomic mass is 10.0. The molecule has 3 aliphatic rings. The van der Waals surface area contributed by atoms with Gasteiger partial charge in [0.05, 0.1) is 11.1 Å². The standard InChI is InChI=1S/C29H34N4O4/c34-25-15-14-24(27(35)31-25)33-28(36)22-8-7-9-23(26(22)29(33)37)30-18-20-10-12-21(13-11-20)19-32-16-5-3-1-2-4-6-17-32/h7-13,24,30H,1-6,14-19H2,(H,31,34,35)/t24-/m1/s1. The highest BCUT2D eigenvalue weighted by Gasteiger charge is 2.45. The maximum Gasteiger partial charge on any atom is 0.264 e. The summed E-state index contributed by atoms with van der Waals surface area (Å²) in [6, 6.07) is 12.7. The SMILES string of the molecule is O=C1CC[C@@H](N2C(=O)c3cccc(NCc4ccc(CN5CCCCCCCC5)cc4)c3C2=O)C(=O)N1. The maximum atomic E-state index is 13.3. The molecule has 194 valence electrons. The summed E-state index contributed by atoms with van der Waals surface area (Å²) in [4.78, 5) is 53.7. The van der Waals surface area contributed by atoms with Gasteiger partial charge in [0.1, 0.15) is 6.04 Å². The molecule has 3 heterocycles. The molecule has 4 amide bonds. The topological polar surface area (TPSA) is 98.8 Å². The first-order valence-electron chi connectivity index (χ1n) is 13.4. The smallest absolute Gasteiger partial charge is 0.264 e.